The molecule has 29 heavy (non-hydrogen) atoms. The van der Waals surface area contributed by atoms with Crippen LogP contribution in [0.4, 0.5) is 0 Å². The van der Waals surface area contributed by atoms with Gasteiger partial charge in [0.1, 0.15) is 0 Å². The van der Waals surface area contributed by atoms with Gasteiger partial charge in [-0.2, -0.15) is 0 Å². The molecular weight excluding hydrogens is 386 g/mol. The van der Waals surface area contributed by atoms with Gasteiger partial charge in [0.05, 0.1) is 10.6 Å². The zero-order chi connectivity index (χ0) is 20.2. The molecule has 5 nitrogen and oxygen atoms in total. The van der Waals surface area contributed by atoms with Gasteiger partial charge in [0.15, 0.2) is 6.04 Å². The Balaban J connectivity index is 1.71. The fraction of sp³-hybridized carbons (Fsp3) is 0.0870. The highest BCUT2D eigenvalue weighted by molar-refractivity contribution is 6.32. The summed E-state index contributed by atoms with van der Waals surface area (Å²) in [5, 5.41) is 3.45. The normalized spacial score (nSPS) is 19.8. The van der Waals surface area contributed by atoms with E-state index in [1.807, 2.05) is 54.6 Å². The predicted molar refractivity (Wildman–Crippen MR) is 112 cm³/mol. The first kappa shape index (κ1) is 18.9. The Hall–Kier alpha value is -3.44. The molecule has 144 valence electrons. The van der Waals surface area contributed by atoms with Crippen LogP contribution in [0.15, 0.2) is 84.9 Å². The fourth-order valence-electron chi connectivity index (χ4n) is 3.37. The molecule has 2 atom stereocenters. The van der Waals surface area contributed by atoms with Crippen LogP contribution in [0, 0.1) is 0 Å². The fourth-order valence-corrected chi connectivity index (χ4v) is 3.56. The van der Waals surface area contributed by atoms with E-state index in [0.29, 0.717) is 10.6 Å². The molecule has 4 rings (SSSR count). The van der Waals surface area contributed by atoms with Gasteiger partial charge in [0, 0.05) is 11.1 Å². The molecule has 1 heterocycles. The molecule has 0 aliphatic carbocycles. The first-order valence-electron chi connectivity index (χ1n) is 9.22. The number of carbonyl (C=O) groups excluding carboxylic acids is 2. The van der Waals surface area contributed by atoms with Crippen LogP contribution in [0.3, 0.4) is 0 Å². The SMILES string of the molecule is O=C(N[C@H]1C(=O)N/[N+](=C\c2ccccc2Cl)[C@H]1c1ccccc1)c1ccccc1. The average molecular weight is 405 g/mol. The number of rotatable bonds is 4. The molecule has 1 fully saturated rings. The first-order chi connectivity index (χ1) is 14.1. The van der Waals surface area contributed by atoms with Gasteiger partial charge in [-0.3, -0.25) is 9.59 Å². The number of nitrogens with one attached hydrogen (secondary N) is 2. The molecule has 2 N–H and O–H groups in total. The second-order valence-corrected chi connectivity index (χ2v) is 7.11. The van der Waals surface area contributed by atoms with E-state index in [1.165, 1.54) is 0 Å². The monoisotopic (exact) mass is 404 g/mol. The third-order valence-corrected chi connectivity index (χ3v) is 5.13. The Morgan fingerprint density at radius 3 is 2.24 bits per heavy atom. The van der Waals surface area contributed by atoms with Crippen molar-refractivity contribution in [3.8, 4) is 0 Å². The lowest BCUT2D eigenvalue weighted by Crippen LogP contribution is -2.42. The highest BCUT2D eigenvalue weighted by Gasteiger charge is 2.47. The number of carbonyl (C=O) groups is 2. The lowest BCUT2D eigenvalue weighted by molar-refractivity contribution is -0.596. The molecule has 0 aromatic heterocycles. The Labute approximate surface area is 173 Å². The van der Waals surface area contributed by atoms with Gasteiger partial charge in [-0.1, -0.05) is 72.3 Å². The number of nitrogens with zero attached hydrogens (tertiary/aromatic N) is 1. The van der Waals surface area contributed by atoms with Crippen molar-refractivity contribution in [3.05, 3.63) is 107 Å². The van der Waals surface area contributed by atoms with Gasteiger partial charge in [0.25, 0.3) is 5.91 Å². The van der Waals surface area contributed by atoms with Crippen molar-refractivity contribution in [2.75, 3.05) is 0 Å². The Bertz CT molecular complexity index is 1070. The van der Waals surface area contributed by atoms with Gasteiger partial charge >= 0.3 is 5.91 Å². The molecule has 0 spiro atoms. The van der Waals surface area contributed by atoms with Crippen LogP contribution in [-0.4, -0.2) is 28.8 Å². The lowest BCUT2D eigenvalue weighted by atomic mass is 10.00. The molecule has 0 radical (unpaired) electrons. The predicted octanol–water partition coefficient (Wildman–Crippen LogP) is 3.36. The highest BCUT2D eigenvalue weighted by atomic mass is 35.5. The van der Waals surface area contributed by atoms with Gasteiger partial charge in [0.2, 0.25) is 12.3 Å². The quantitative estimate of drug-likeness (QED) is 0.655. The topological polar surface area (TPSA) is 61.2 Å². The van der Waals surface area contributed by atoms with E-state index in [9.17, 15) is 9.59 Å². The Kier molecular flexibility index (Phi) is 5.40. The van der Waals surface area contributed by atoms with Crippen LogP contribution in [0.25, 0.3) is 0 Å². The van der Waals surface area contributed by atoms with Gasteiger partial charge in [-0.05, 0) is 24.3 Å². The number of hydrazone groups is 1. The van der Waals surface area contributed by atoms with Crippen molar-refractivity contribution < 1.29 is 14.3 Å². The van der Waals surface area contributed by atoms with E-state index in [4.69, 9.17) is 11.6 Å². The Morgan fingerprint density at radius 1 is 0.931 bits per heavy atom. The largest absolute Gasteiger partial charge is 0.334 e. The summed E-state index contributed by atoms with van der Waals surface area (Å²) in [6.45, 7) is 0. The maximum absolute atomic E-state index is 12.8. The summed E-state index contributed by atoms with van der Waals surface area (Å²) in [6, 6.07) is 24.6. The van der Waals surface area contributed by atoms with Crippen molar-refractivity contribution in [1.29, 1.82) is 0 Å². The van der Waals surface area contributed by atoms with Crippen LogP contribution in [0.1, 0.15) is 27.5 Å². The van der Waals surface area contributed by atoms with Crippen LogP contribution in [0.2, 0.25) is 5.02 Å². The van der Waals surface area contributed by atoms with E-state index in [-0.39, 0.29) is 11.8 Å². The molecule has 0 bridgehead atoms. The minimum absolute atomic E-state index is 0.286. The maximum atomic E-state index is 12.8. The number of hydrogen-bond acceptors (Lipinski definition) is 2. The molecular formula is C23H19ClN3O2+. The Morgan fingerprint density at radius 2 is 1.55 bits per heavy atom. The average Bonchev–Trinajstić information content (AvgIpc) is 3.05. The summed E-state index contributed by atoms with van der Waals surface area (Å²) in [4.78, 5) is 25.5. The van der Waals surface area contributed by atoms with Crippen molar-refractivity contribution in [2.24, 2.45) is 0 Å². The number of hydrogen-bond donors (Lipinski definition) is 2. The summed E-state index contributed by atoms with van der Waals surface area (Å²) in [5.41, 5.74) is 5.02. The lowest BCUT2D eigenvalue weighted by Gasteiger charge is -2.14. The maximum Gasteiger partial charge on any atom is 0.304 e. The second kappa shape index (κ2) is 8.29. The summed E-state index contributed by atoms with van der Waals surface area (Å²) >= 11 is 6.29. The summed E-state index contributed by atoms with van der Waals surface area (Å²) < 4.78 is 1.70. The zero-order valence-electron chi connectivity index (χ0n) is 15.5. The molecule has 1 aliphatic rings. The number of amides is 2. The number of hydrazine groups is 1. The molecule has 6 heteroatoms. The van der Waals surface area contributed by atoms with Crippen molar-refractivity contribution in [2.45, 2.75) is 12.1 Å². The summed E-state index contributed by atoms with van der Waals surface area (Å²) in [6.07, 6.45) is 1.78. The highest BCUT2D eigenvalue weighted by Crippen LogP contribution is 2.26. The van der Waals surface area contributed by atoms with Crippen LogP contribution < -0.4 is 10.7 Å². The minimum Gasteiger partial charge on any atom is -0.334 e. The number of benzene rings is 3. The van der Waals surface area contributed by atoms with E-state index in [1.54, 1.807) is 41.2 Å². The van der Waals surface area contributed by atoms with Crippen molar-refractivity contribution in [1.82, 2.24) is 10.7 Å². The number of halogens is 1. The smallest absolute Gasteiger partial charge is 0.304 e. The molecule has 2 amide bonds. The molecule has 0 unspecified atom stereocenters. The van der Waals surface area contributed by atoms with Crippen LogP contribution >= 0.6 is 11.6 Å². The third-order valence-electron chi connectivity index (χ3n) is 4.78. The van der Waals surface area contributed by atoms with Gasteiger partial charge in [-0.15, -0.1) is 10.1 Å². The second-order valence-electron chi connectivity index (χ2n) is 6.71. The van der Waals surface area contributed by atoms with Gasteiger partial charge < -0.3 is 5.32 Å². The third kappa shape index (κ3) is 4.05. The van der Waals surface area contributed by atoms with E-state index in [0.717, 1.165) is 11.1 Å². The molecule has 1 aliphatic heterocycles. The molecule has 3 aromatic carbocycles. The zero-order valence-corrected chi connectivity index (χ0v) is 16.2. The van der Waals surface area contributed by atoms with E-state index < -0.39 is 12.1 Å². The molecule has 3 aromatic rings. The summed E-state index contributed by atoms with van der Waals surface area (Å²) in [7, 11) is 0. The van der Waals surface area contributed by atoms with Crippen molar-refractivity contribution in [3.63, 3.8) is 0 Å². The molecule has 0 saturated carbocycles. The summed E-state index contributed by atoms with van der Waals surface area (Å²) in [5.74, 6) is -0.585. The van der Waals surface area contributed by atoms with E-state index in [2.05, 4.69) is 10.7 Å². The standard InChI is InChI=1S/C23H18ClN3O2/c24-19-14-8-7-13-18(19)15-27-21(16-9-3-1-4-10-16)20(23(29)26-27)25-22(28)17-11-5-2-6-12-17/h1-15,20-21H,(H-,25,26,28,29)/p+1/b27-15-/t20-,21+/m1/s1. The van der Waals surface area contributed by atoms with E-state index >= 15 is 0 Å². The van der Waals surface area contributed by atoms with Crippen LogP contribution in [-0.2, 0) is 4.79 Å². The van der Waals surface area contributed by atoms with Crippen LogP contribution in [0.5, 0.6) is 0 Å². The van der Waals surface area contributed by atoms with Gasteiger partial charge in [-0.25, -0.2) is 0 Å². The van der Waals surface area contributed by atoms with Crippen molar-refractivity contribution >= 4 is 29.6 Å². The molecule has 1 saturated heterocycles. The first-order valence-corrected chi connectivity index (χ1v) is 9.60. The minimum atomic E-state index is -0.760.